The summed E-state index contributed by atoms with van der Waals surface area (Å²) in [5.41, 5.74) is 0.820. The molecule has 3 aliphatic rings. The Bertz CT molecular complexity index is 885. The second kappa shape index (κ2) is 8.56. The molecule has 1 saturated heterocycles. The third-order valence-electron chi connectivity index (χ3n) is 5.43. The summed E-state index contributed by atoms with van der Waals surface area (Å²) in [6.45, 7) is -0.0305. The van der Waals surface area contributed by atoms with Crippen LogP contribution in [0.5, 0.6) is 11.5 Å². The van der Waals surface area contributed by atoms with Crippen LogP contribution in [0.1, 0.15) is 24.8 Å². The van der Waals surface area contributed by atoms with Gasteiger partial charge in [-0.25, -0.2) is 0 Å². The molecule has 3 amide bonds. The molecule has 2 atom stereocenters. The monoisotopic (exact) mass is 414 g/mol. The number of fused-ring (bicyclic) bond motifs is 2. The number of allylic oxidation sites excluding steroid dienone is 2. The number of nitrogens with one attached hydrogen (secondary N) is 1. The third kappa shape index (κ3) is 4.14. The number of carbonyl (C=O) groups excluding carboxylic acids is 4. The summed E-state index contributed by atoms with van der Waals surface area (Å²) >= 11 is 0. The van der Waals surface area contributed by atoms with E-state index in [9.17, 15) is 19.2 Å². The lowest BCUT2D eigenvalue weighted by Crippen LogP contribution is -2.34. The molecule has 9 nitrogen and oxygen atoms in total. The topological polar surface area (TPSA) is 111 Å². The molecule has 2 aliphatic heterocycles. The first kappa shape index (κ1) is 19.9. The van der Waals surface area contributed by atoms with Gasteiger partial charge in [0.25, 0.3) is 5.91 Å². The van der Waals surface area contributed by atoms with Crippen molar-refractivity contribution in [3.8, 4) is 11.5 Å². The summed E-state index contributed by atoms with van der Waals surface area (Å²) in [7, 11) is 0. The Labute approximate surface area is 172 Å². The lowest BCUT2D eigenvalue weighted by molar-refractivity contribution is -0.150. The summed E-state index contributed by atoms with van der Waals surface area (Å²) in [6.07, 6.45) is 4.79. The van der Waals surface area contributed by atoms with Crippen LogP contribution in [-0.2, 0) is 30.5 Å². The molecule has 1 aliphatic carbocycles. The fourth-order valence-electron chi connectivity index (χ4n) is 3.81. The molecule has 9 heteroatoms. The van der Waals surface area contributed by atoms with E-state index in [1.807, 2.05) is 12.2 Å². The first-order valence-electron chi connectivity index (χ1n) is 9.84. The molecule has 0 unspecified atom stereocenters. The highest BCUT2D eigenvalue weighted by molar-refractivity contribution is 6.05. The molecule has 0 saturated carbocycles. The van der Waals surface area contributed by atoms with Crippen molar-refractivity contribution in [1.29, 1.82) is 0 Å². The van der Waals surface area contributed by atoms with Crippen molar-refractivity contribution in [2.24, 2.45) is 11.8 Å². The van der Waals surface area contributed by atoms with Crippen LogP contribution in [0, 0.1) is 11.8 Å². The molecular formula is C21H22N2O7. The van der Waals surface area contributed by atoms with Crippen molar-refractivity contribution in [2.75, 3.05) is 19.9 Å². The van der Waals surface area contributed by atoms with Crippen LogP contribution in [0.2, 0.25) is 0 Å². The van der Waals surface area contributed by atoms with Gasteiger partial charge in [0, 0.05) is 13.1 Å². The number of rotatable bonds is 7. The minimum Gasteiger partial charge on any atom is -0.456 e. The summed E-state index contributed by atoms with van der Waals surface area (Å²) in [6, 6.07) is 5.33. The number of nitrogens with zero attached hydrogens (tertiary/aromatic N) is 1. The Hall–Kier alpha value is -3.36. The van der Waals surface area contributed by atoms with Gasteiger partial charge in [0.15, 0.2) is 18.1 Å². The highest BCUT2D eigenvalue weighted by atomic mass is 16.7. The largest absolute Gasteiger partial charge is 0.456 e. The maximum atomic E-state index is 12.4. The standard InChI is InChI=1S/C21H22N2O7/c24-18(22-10-13-5-6-16-17(9-13)30-12-29-16)11-28-19(25)7-8-23-20(26)14-3-1-2-4-15(14)21(23)27/h1-2,5-6,9,14-15H,3-4,7-8,10-12H2,(H,22,24)/t14-,15-/m0/s1. The molecule has 2 heterocycles. The highest BCUT2D eigenvalue weighted by Gasteiger charge is 2.46. The minimum absolute atomic E-state index is 0.0255. The zero-order chi connectivity index (χ0) is 21.1. The predicted molar refractivity (Wildman–Crippen MR) is 102 cm³/mol. The van der Waals surface area contributed by atoms with E-state index in [4.69, 9.17) is 14.2 Å². The summed E-state index contributed by atoms with van der Waals surface area (Å²) < 4.78 is 15.5. The van der Waals surface area contributed by atoms with E-state index in [1.165, 1.54) is 0 Å². The van der Waals surface area contributed by atoms with E-state index in [-0.39, 0.29) is 50.0 Å². The average Bonchev–Trinajstić information content (AvgIpc) is 3.32. The maximum absolute atomic E-state index is 12.4. The number of amides is 3. The van der Waals surface area contributed by atoms with Crippen LogP contribution in [-0.4, -0.2) is 48.5 Å². The van der Waals surface area contributed by atoms with Crippen molar-refractivity contribution >= 4 is 23.7 Å². The number of hydrogen-bond donors (Lipinski definition) is 1. The van der Waals surface area contributed by atoms with Gasteiger partial charge in [-0.1, -0.05) is 18.2 Å². The highest BCUT2D eigenvalue weighted by Crippen LogP contribution is 2.35. The van der Waals surface area contributed by atoms with Crippen molar-refractivity contribution in [1.82, 2.24) is 10.2 Å². The van der Waals surface area contributed by atoms with Gasteiger partial charge >= 0.3 is 5.97 Å². The normalized spacial score (nSPS) is 21.5. The van der Waals surface area contributed by atoms with E-state index in [0.29, 0.717) is 24.3 Å². The second-order valence-corrected chi connectivity index (χ2v) is 7.36. The number of esters is 1. The van der Waals surface area contributed by atoms with Crippen LogP contribution in [0.15, 0.2) is 30.4 Å². The van der Waals surface area contributed by atoms with Crippen molar-refractivity contribution in [2.45, 2.75) is 25.8 Å². The van der Waals surface area contributed by atoms with Crippen LogP contribution >= 0.6 is 0 Å². The molecule has 0 bridgehead atoms. The minimum atomic E-state index is -0.637. The fraction of sp³-hybridized carbons (Fsp3) is 0.429. The van der Waals surface area contributed by atoms with E-state index >= 15 is 0 Å². The summed E-state index contributed by atoms with van der Waals surface area (Å²) in [5.74, 6) is -0.916. The van der Waals surface area contributed by atoms with Gasteiger partial charge in [0.1, 0.15) is 0 Å². The molecule has 1 aromatic rings. The number of ether oxygens (including phenoxy) is 3. The third-order valence-corrected chi connectivity index (χ3v) is 5.43. The lowest BCUT2D eigenvalue weighted by Gasteiger charge is -2.14. The van der Waals surface area contributed by atoms with Gasteiger partial charge in [-0.2, -0.15) is 0 Å². The Kier molecular flexibility index (Phi) is 5.69. The maximum Gasteiger partial charge on any atom is 0.308 e. The van der Waals surface area contributed by atoms with E-state index in [0.717, 1.165) is 10.5 Å². The van der Waals surface area contributed by atoms with E-state index in [1.54, 1.807) is 18.2 Å². The van der Waals surface area contributed by atoms with Gasteiger partial charge in [0.2, 0.25) is 18.6 Å². The molecule has 0 aromatic heterocycles. The summed E-state index contributed by atoms with van der Waals surface area (Å²) in [4.78, 5) is 49.7. The Morgan fingerprint density at radius 3 is 2.50 bits per heavy atom. The van der Waals surface area contributed by atoms with E-state index in [2.05, 4.69) is 5.32 Å². The number of imide groups is 1. The van der Waals surface area contributed by atoms with Gasteiger partial charge in [0.05, 0.1) is 18.3 Å². The zero-order valence-electron chi connectivity index (χ0n) is 16.3. The first-order chi connectivity index (χ1) is 14.5. The lowest BCUT2D eigenvalue weighted by atomic mass is 9.85. The predicted octanol–water partition coefficient (Wildman–Crippen LogP) is 0.916. The van der Waals surface area contributed by atoms with Crippen LogP contribution in [0.4, 0.5) is 0 Å². The number of carbonyl (C=O) groups is 4. The van der Waals surface area contributed by atoms with Gasteiger partial charge in [-0.05, 0) is 30.5 Å². The number of hydrogen-bond acceptors (Lipinski definition) is 7. The van der Waals surface area contributed by atoms with Gasteiger partial charge < -0.3 is 19.5 Å². The van der Waals surface area contributed by atoms with E-state index < -0.39 is 18.5 Å². The number of benzene rings is 1. The van der Waals surface area contributed by atoms with Crippen molar-refractivity contribution in [3.05, 3.63) is 35.9 Å². The van der Waals surface area contributed by atoms with Gasteiger partial charge in [-0.3, -0.25) is 24.1 Å². The number of likely N-dealkylation sites (tertiary alicyclic amines) is 1. The van der Waals surface area contributed by atoms with Crippen molar-refractivity contribution in [3.63, 3.8) is 0 Å². The SMILES string of the molecule is O=C(COC(=O)CCN1C(=O)[C@H]2CC=CC[C@@H]2C1=O)NCc1ccc2c(c1)OCO2. The van der Waals surface area contributed by atoms with Crippen molar-refractivity contribution < 1.29 is 33.4 Å². The molecule has 1 aromatic carbocycles. The first-order valence-corrected chi connectivity index (χ1v) is 9.84. The van der Waals surface area contributed by atoms with Gasteiger partial charge in [-0.15, -0.1) is 0 Å². The average molecular weight is 414 g/mol. The molecule has 0 radical (unpaired) electrons. The Balaban J connectivity index is 1.17. The molecule has 158 valence electrons. The molecule has 1 N–H and O–H groups in total. The molecule has 1 fully saturated rings. The summed E-state index contributed by atoms with van der Waals surface area (Å²) in [5, 5.41) is 2.65. The quantitative estimate of drug-likeness (QED) is 0.401. The zero-order valence-corrected chi connectivity index (χ0v) is 16.3. The Morgan fingerprint density at radius 2 is 1.77 bits per heavy atom. The molecule has 0 spiro atoms. The van der Waals surface area contributed by atoms with Crippen LogP contribution < -0.4 is 14.8 Å². The Morgan fingerprint density at radius 1 is 1.07 bits per heavy atom. The molecule has 4 rings (SSSR count). The molecular weight excluding hydrogens is 392 g/mol. The second-order valence-electron chi connectivity index (χ2n) is 7.36. The fourth-order valence-corrected chi connectivity index (χ4v) is 3.81. The molecule has 30 heavy (non-hydrogen) atoms. The van der Waals surface area contributed by atoms with Crippen LogP contribution in [0.25, 0.3) is 0 Å². The smallest absolute Gasteiger partial charge is 0.308 e. The van der Waals surface area contributed by atoms with Crippen LogP contribution in [0.3, 0.4) is 0 Å².